The smallest absolute Gasteiger partial charge is 0.410 e. The molecule has 1 fully saturated rings. The molecule has 0 spiro atoms. The van der Waals surface area contributed by atoms with Crippen molar-refractivity contribution < 1.29 is 23.9 Å². The largest absolute Gasteiger partial charge is 0.453 e. The summed E-state index contributed by atoms with van der Waals surface area (Å²) in [7, 11) is 1.26. The number of hydrogen-bond donors (Lipinski definition) is 3. The average molecular weight is 872 g/mol. The fraction of sp³-hybridized carbons (Fsp3) is 0.468. The number of ether oxygens (including phenoxy) is 2. The van der Waals surface area contributed by atoms with Crippen LogP contribution in [-0.4, -0.2) is 80.2 Å². The maximum Gasteiger partial charge on any atom is 0.410 e. The molecule has 330 valence electrons. The fourth-order valence-corrected chi connectivity index (χ4v) is 8.93. The van der Waals surface area contributed by atoms with E-state index in [9.17, 15) is 14.4 Å². The van der Waals surface area contributed by atoms with Crippen molar-refractivity contribution in [2.24, 2.45) is 0 Å². The minimum absolute atomic E-state index is 0.125. The Balaban J connectivity index is 0.000000955. The van der Waals surface area contributed by atoms with Gasteiger partial charge in [-0.25, -0.2) is 19.6 Å². The molecule has 3 amide bonds. The molecule has 12 nitrogen and oxygen atoms in total. The molecule has 1 aliphatic heterocycles. The summed E-state index contributed by atoms with van der Waals surface area (Å²) in [5.74, 6) is 1.27. The van der Waals surface area contributed by atoms with E-state index in [4.69, 9.17) is 9.72 Å². The number of rotatable bonds is 10. The highest BCUT2D eigenvalue weighted by Gasteiger charge is 2.35. The summed E-state index contributed by atoms with van der Waals surface area (Å²) in [6.07, 6.45) is 5.89. The van der Waals surface area contributed by atoms with Crippen LogP contribution in [0.2, 0.25) is 0 Å². The summed E-state index contributed by atoms with van der Waals surface area (Å²) in [6.45, 7) is 21.5. The number of carbonyl (C=O) groups is 3. The zero-order chi connectivity index (χ0) is 44.7. The van der Waals surface area contributed by atoms with E-state index in [0.29, 0.717) is 25.5 Å². The Labute approximate surface area is 369 Å². The predicted octanol–water partition coefficient (Wildman–Crippen LogP) is 12.6. The molecule has 1 aliphatic rings. The Morgan fingerprint density at radius 2 is 1.49 bits per heavy atom. The first-order chi connectivity index (χ1) is 29.3. The molecule has 61 heavy (non-hydrogen) atoms. The van der Waals surface area contributed by atoms with Gasteiger partial charge >= 0.3 is 12.2 Å². The van der Waals surface area contributed by atoms with E-state index in [2.05, 4.69) is 101 Å². The number of alkyl carbamates (subject to hydrolysis) is 1. The Kier molecular flexibility index (Phi) is 18.4. The molecular weight excluding hydrogens is 807 g/mol. The second-order valence-electron chi connectivity index (χ2n) is 15.5. The van der Waals surface area contributed by atoms with Gasteiger partial charge in [0.15, 0.2) is 0 Å². The lowest BCUT2D eigenvalue weighted by Gasteiger charge is -2.27. The van der Waals surface area contributed by atoms with Crippen LogP contribution in [0.15, 0.2) is 60.8 Å². The summed E-state index contributed by atoms with van der Waals surface area (Å²) in [6, 6.07) is 19.1. The molecule has 7 rings (SSSR count). The van der Waals surface area contributed by atoms with Gasteiger partial charge in [-0.2, -0.15) is 0 Å². The second kappa shape index (κ2) is 23.1. The van der Waals surface area contributed by atoms with Gasteiger partial charge in [-0.1, -0.05) is 91.6 Å². The molecule has 5 heterocycles. The number of aromatic nitrogens is 4. The Hall–Kier alpha value is -5.21. The number of imidazole rings is 2. The lowest BCUT2D eigenvalue weighted by molar-refractivity contribution is -0.130. The highest BCUT2D eigenvalue weighted by molar-refractivity contribution is 7.31. The molecule has 0 radical (unpaired) electrons. The molecule has 0 saturated carbocycles. The maximum atomic E-state index is 12.9. The normalized spacial score (nSPS) is 13.4. The molecule has 0 aliphatic carbocycles. The van der Waals surface area contributed by atoms with E-state index < -0.39 is 11.7 Å². The van der Waals surface area contributed by atoms with Crippen molar-refractivity contribution in [2.75, 3.05) is 26.7 Å². The van der Waals surface area contributed by atoms with Gasteiger partial charge in [-0.3, -0.25) is 9.69 Å². The van der Waals surface area contributed by atoms with E-state index in [1.807, 2.05) is 47.6 Å². The molecule has 1 saturated heterocycles. The summed E-state index contributed by atoms with van der Waals surface area (Å²) in [5, 5.41) is 2.45. The first kappa shape index (κ1) is 48.5. The zero-order valence-electron chi connectivity index (χ0n) is 37.9. The minimum atomic E-state index is -0.639. The number of H-pyrrole nitrogens is 2. The molecule has 4 aromatic heterocycles. The van der Waals surface area contributed by atoms with Crippen LogP contribution in [0.1, 0.15) is 119 Å². The molecule has 3 N–H and O–H groups in total. The second-order valence-corrected chi connectivity index (χ2v) is 17.7. The van der Waals surface area contributed by atoms with Gasteiger partial charge in [0.05, 0.1) is 42.6 Å². The van der Waals surface area contributed by atoms with Crippen molar-refractivity contribution in [1.82, 2.24) is 35.1 Å². The highest BCUT2D eigenvalue weighted by atomic mass is 32.1. The van der Waals surface area contributed by atoms with Crippen LogP contribution in [0.4, 0.5) is 9.59 Å². The van der Waals surface area contributed by atoms with Gasteiger partial charge in [0.25, 0.3) is 0 Å². The van der Waals surface area contributed by atoms with Crippen molar-refractivity contribution >= 4 is 61.2 Å². The maximum absolute atomic E-state index is 12.9. The van der Waals surface area contributed by atoms with Crippen molar-refractivity contribution in [2.45, 2.75) is 120 Å². The number of methoxy groups -OCH3 is 1. The molecule has 2 aromatic carbocycles. The number of aromatic amines is 2. The Morgan fingerprint density at radius 1 is 0.885 bits per heavy atom. The summed E-state index contributed by atoms with van der Waals surface area (Å²) in [4.78, 5) is 59.1. The number of thiophene rings is 2. The van der Waals surface area contributed by atoms with Crippen molar-refractivity contribution in [3.05, 3.63) is 72.4 Å². The number of nitrogens with zero attached hydrogens (tertiary/aromatic N) is 4. The van der Waals surface area contributed by atoms with Crippen molar-refractivity contribution in [3.63, 3.8) is 0 Å². The summed E-state index contributed by atoms with van der Waals surface area (Å²) in [5.41, 5.74) is 5.42. The number of hydrogen-bond acceptors (Lipinski definition) is 9. The average Bonchev–Trinajstić information content (AvgIpc) is 4.09. The van der Waals surface area contributed by atoms with Gasteiger partial charge < -0.3 is 29.7 Å². The zero-order valence-corrected chi connectivity index (χ0v) is 39.5. The number of nitrogens with one attached hydrogen (secondary N) is 3. The number of carbonyl (C=O) groups excluding carboxylic acids is 3. The molecular formula is C47H65N7O5S2. The first-order valence-electron chi connectivity index (χ1n) is 21.6. The monoisotopic (exact) mass is 871 g/mol. The molecule has 1 atom stereocenters. The van der Waals surface area contributed by atoms with Crippen LogP contribution in [-0.2, 0) is 20.8 Å². The third kappa shape index (κ3) is 13.1. The number of likely N-dealkylation sites (tertiary alicyclic amines) is 1. The van der Waals surface area contributed by atoms with Crippen LogP contribution in [0.25, 0.3) is 52.6 Å². The van der Waals surface area contributed by atoms with Gasteiger partial charge in [-0.05, 0) is 81.0 Å². The van der Waals surface area contributed by atoms with E-state index >= 15 is 0 Å². The molecule has 1 unspecified atom stereocenters. The first-order valence-corrected chi connectivity index (χ1v) is 23.2. The van der Waals surface area contributed by atoms with Gasteiger partial charge in [0.1, 0.15) is 23.8 Å². The minimum Gasteiger partial charge on any atom is -0.453 e. The van der Waals surface area contributed by atoms with Crippen LogP contribution in [0.5, 0.6) is 0 Å². The molecule has 6 aromatic rings. The van der Waals surface area contributed by atoms with Gasteiger partial charge in [-0.15, -0.1) is 22.7 Å². The third-order valence-electron chi connectivity index (χ3n) is 9.05. The number of amides is 3. The Bertz CT molecular complexity index is 2270. The Morgan fingerprint density at radius 3 is 2.10 bits per heavy atom. The summed E-state index contributed by atoms with van der Waals surface area (Å²) < 4.78 is 12.7. The van der Waals surface area contributed by atoms with Crippen molar-refractivity contribution in [3.8, 4) is 32.1 Å². The van der Waals surface area contributed by atoms with E-state index in [-0.39, 0.29) is 24.6 Å². The van der Waals surface area contributed by atoms with Crippen LogP contribution in [0, 0.1) is 0 Å². The van der Waals surface area contributed by atoms with Gasteiger partial charge in [0, 0.05) is 32.2 Å². The topological polar surface area (TPSA) is 146 Å². The summed E-state index contributed by atoms with van der Waals surface area (Å²) >= 11 is 3.55. The van der Waals surface area contributed by atoms with Gasteiger partial charge in [0.2, 0.25) is 5.91 Å². The molecule has 14 heteroatoms. The van der Waals surface area contributed by atoms with E-state index in [0.717, 1.165) is 58.5 Å². The lowest BCUT2D eigenvalue weighted by atomic mass is 10.1. The SMILES string of the molecule is CC.CCC.CCC.CCCN(Cc1ncc(-c2ccc(-c3cc4sc(-c5ccc6nc(C7CCCN7C(=O)OC(C)(C)C)[nH]c6c5)cc4s3)cc2)[nH]1)C(=O)CNC(=O)OC. The quantitative estimate of drug-likeness (QED) is 0.124. The van der Waals surface area contributed by atoms with E-state index in [1.165, 1.54) is 39.1 Å². The fourth-order valence-electron chi connectivity index (χ4n) is 6.53. The molecule has 0 bridgehead atoms. The van der Waals surface area contributed by atoms with Crippen LogP contribution >= 0.6 is 22.7 Å². The highest BCUT2D eigenvalue weighted by Crippen LogP contribution is 2.42. The predicted molar refractivity (Wildman–Crippen MR) is 252 cm³/mol. The number of fused-ring (bicyclic) bond motifs is 2. The lowest BCUT2D eigenvalue weighted by Crippen LogP contribution is -2.40. The third-order valence-corrected chi connectivity index (χ3v) is 11.4. The van der Waals surface area contributed by atoms with Crippen LogP contribution < -0.4 is 5.32 Å². The standard InChI is InChI=1S/C39H43N7O5S2.2C3H8.C2H6/c1-6-15-45(35(47)21-41-37(48)50-5)22-34-40-20-28(42-34)23-9-11-24(12-10-23)30-18-32-33(52-30)19-31(53-32)25-13-14-26-27(17-25)44-36(43-26)29-8-7-16-46(29)38(49)51-39(2,3)4;2*1-3-2;1-2/h9-14,17-20,29H,6-8,15-16,21-22H2,1-5H3,(H,40,42)(H,41,48)(H,43,44);2*3H2,1-2H3;1-2H3. The van der Waals surface area contributed by atoms with Crippen molar-refractivity contribution in [1.29, 1.82) is 0 Å². The van der Waals surface area contributed by atoms with E-state index in [1.54, 1.807) is 38.7 Å². The number of benzene rings is 2. The van der Waals surface area contributed by atoms with Crippen LogP contribution in [0.3, 0.4) is 0 Å².